The molecule has 0 unspecified atom stereocenters. The van der Waals surface area contributed by atoms with E-state index in [1.165, 1.54) is 16.7 Å². The van der Waals surface area contributed by atoms with Crippen molar-refractivity contribution in [3.63, 3.8) is 0 Å². The van der Waals surface area contributed by atoms with Crippen LogP contribution in [0.3, 0.4) is 0 Å². The van der Waals surface area contributed by atoms with E-state index in [-0.39, 0.29) is 0 Å². The second kappa shape index (κ2) is 7.92. The molecule has 0 aliphatic rings. The molecule has 3 heteroatoms. The standard InChI is InChI=1S/C24H22O3/c1-5-24(25)27-21-12-8-19(9-13-21)23-15-16(2)22(14-17(23)3)18-6-10-20(26-4)11-7-18/h5-15H,1H2,2-4H3. The van der Waals surface area contributed by atoms with Crippen molar-refractivity contribution in [1.29, 1.82) is 0 Å². The average Bonchev–Trinajstić information content (AvgIpc) is 2.70. The second-order valence-corrected chi connectivity index (χ2v) is 6.36. The Labute approximate surface area is 159 Å². The van der Waals surface area contributed by atoms with Gasteiger partial charge in [0, 0.05) is 6.08 Å². The van der Waals surface area contributed by atoms with Gasteiger partial charge in [-0.25, -0.2) is 4.79 Å². The van der Waals surface area contributed by atoms with Crippen molar-refractivity contribution in [3.8, 4) is 33.8 Å². The van der Waals surface area contributed by atoms with Crippen molar-refractivity contribution in [3.05, 3.63) is 84.4 Å². The van der Waals surface area contributed by atoms with Gasteiger partial charge in [0.25, 0.3) is 0 Å². The fourth-order valence-electron chi connectivity index (χ4n) is 3.07. The number of hydrogen-bond donors (Lipinski definition) is 0. The third kappa shape index (κ3) is 4.09. The van der Waals surface area contributed by atoms with Gasteiger partial charge in [-0.05, 0) is 71.5 Å². The van der Waals surface area contributed by atoms with Crippen LogP contribution >= 0.6 is 0 Å². The molecule has 0 amide bonds. The zero-order valence-corrected chi connectivity index (χ0v) is 15.8. The van der Waals surface area contributed by atoms with Crippen molar-refractivity contribution in [1.82, 2.24) is 0 Å². The Bertz CT molecular complexity index is 968. The number of carbonyl (C=O) groups is 1. The summed E-state index contributed by atoms with van der Waals surface area (Å²) in [5, 5.41) is 0. The van der Waals surface area contributed by atoms with E-state index in [1.807, 2.05) is 24.3 Å². The Morgan fingerprint density at radius 2 is 1.26 bits per heavy atom. The van der Waals surface area contributed by atoms with Crippen LogP contribution in [0.2, 0.25) is 0 Å². The second-order valence-electron chi connectivity index (χ2n) is 6.36. The highest BCUT2D eigenvalue weighted by Crippen LogP contribution is 2.33. The van der Waals surface area contributed by atoms with Gasteiger partial charge in [0.1, 0.15) is 11.5 Å². The molecule has 0 fully saturated rings. The number of hydrogen-bond acceptors (Lipinski definition) is 3. The Hall–Kier alpha value is -3.33. The van der Waals surface area contributed by atoms with Gasteiger partial charge in [-0.3, -0.25) is 0 Å². The maximum absolute atomic E-state index is 11.3. The van der Waals surface area contributed by atoms with Crippen molar-refractivity contribution in [2.75, 3.05) is 7.11 Å². The highest BCUT2D eigenvalue weighted by Gasteiger charge is 2.09. The Kier molecular flexibility index (Phi) is 5.41. The normalized spacial score (nSPS) is 10.3. The number of methoxy groups -OCH3 is 1. The first kappa shape index (κ1) is 18.5. The number of benzene rings is 3. The number of ether oxygens (including phenoxy) is 2. The largest absolute Gasteiger partial charge is 0.497 e. The van der Waals surface area contributed by atoms with Gasteiger partial charge in [-0.1, -0.05) is 43.0 Å². The van der Waals surface area contributed by atoms with E-state index in [0.717, 1.165) is 28.5 Å². The van der Waals surface area contributed by atoms with Gasteiger partial charge >= 0.3 is 5.97 Å². The number of esters is 1. The molecule has 3 aromatic carbocycles. The third-order valence-corrected chi connectivity index (χ3v) is 4.52. The summed E-state index contributed by atoms with van der Waals surface area (Å²) in [4.78, 5) is 11.3. The van der Waals surface area contributed by atoms with E-state index in [0.29, 0.717) is 5.75 Å². The van der Waals surface area contributed by atoms with Crippen LogP contribution in [0.25, 0.3) is 22.3 Å². The van der Waals surface area contributed by atoms with Crippen LogP contribution in [0.5, 0.6) is 11.5 Å². The lowest BCUT2D eigenvalue weighted by molar-refractivity contribution is -0.128. The monoisotopic (exact) mass is 358 g/mol. The lowest BCUT2D eigenvalue weighted by atomic mass is 9.92. The molecule has 0 heterocycles. The van der Waals surface area contributed by atoms with Crippen LogP contribution in [0.15, 0.2) is 73.3 Å². The summed E-state index contributed by atoms with van der Waals surface area (Å²) in [6, 6.07) is 20.0. The van der Waals surface area contributed by atoms with E-state index < -0.39 is 5.97 Å². The van der Waals surface area contributed by atoms with Crippen molar-refractivity contribution >= 4 is 5.97 Å². The minimum absolute atomic E-state index is 0.460. The fourth-order valence-corrected chi connectivity index (χ4v) is 3.07. The van der Waals surface area contributed by atoms with Crippen molar-refractivity contribution in [2.24, 2.45) is 0 Å². The molecule has 0 saturated carbocycles. The van der Waals surface area contributed by atoms with Crippen molar-refractivity contribution in [2.45, 2.75) is 13.8 Å². The average molecular weight is 358 g/mol. The van der Waals surface area contributed by atoms with Gasteiger partial charge in [0.15, 0.2) is 0 Å². The first-order valence-electron chi connectivity index (χ1n) is 8.72. The van der Waals surface area contributed by atoms with Crippen LogP contribution in [-0.2, 0) is 4.79 Å². The van der Waals surface area contributed by atoms with Crippen molar-refractivity contribution < 1.29 is 14.3 Å². The molecule has 3 nitrogen and oxygen atoms in total. The molecule has 27 heavy (non-hydrogen) atoms. The molecule has 0 aliphatic carbocycles. The molecule has 0 aromatic heterocycles. The Morgan fingerprint density at radius 3 is 1.67 bits per heavy atom. The maximum atomic E-state index is 11.3. The minimum Gasteiger partial charge on any atom is -0.497 e. The van der Waals surface area contributed by atoms with Crippen LogP contribution in [-0.4, -0.2) is 13.1 Å². The molecular formula is C24H22O3. The minimum atomic E-state index is -0.460. The first-order valence-corrected chi connectivity index (χ1v) is 8.72. The SMILES string of the molecule is C=CC(=O)Oc1ccc(-c2cc(C)c(-c3ccc(OC)cc3)cc2C)cc1. The number of carbonyl (C=O) groups excluding carboxylic acids is 1. The van der Waals surface area contributed by atoms with Gasteiger partial charge in [-0.2, -0.15) is 0 Å². The quantitative estimate of drug-likeness (QED) is 0.331. The molecule has 0 N–H and O–H groups in total. The van der Waals surface area contributed by atoms with Gasteiger partial charge in [0.05, 0.1) is 7.11 Å². The van der Waals surface area contributed by atoms with E-state index >= 15 is 0 Å². The fraction of sp³-hybridized carbons (Fsp3) is 0.125. The van der Waals surface area contributed by atoms with Gasteiger partial charge in [0.2, 0.25) is 0 Å². The van der Waals surface area contributed by atoms with E-state index in [1.54, 1.807) is 19.2 Å². The topological polar surface area (TPSA) is 35.5 Å². The summed E-state index contributed by atoms with van der Waals surface area (Å²) < 4.78 is 10.4. The Morgan fingerprint density at radius 1 is 0.815 bits per heavy atom. The van der Waals surface area contributed by atoms with E-state index in [2.05, 4.69) is 44.7 Å². The zero-order valence-electron chi connectivity index (χ0n) is 15.8. The molecule has 0 aliphatic heterocycles. The van der Waals surface area contributed by atoms with E-state index in [4.69, 9.17) is 9.47 Å². The molecule has 3 rings (SSSR count). The highest BCUT2D eigenvalue weighted by atomic mass is 16.5. The predicted molar refractivity (Wildman–Crippen MR) is 109 cm³/mol. The lowest BCUT2D eigenvalue weighted by Gasteiger charge is -2.14. The zero-order chi connectivity index (χ0) is 19.4. The molecule has 0 saturated heterocycles. The number of aryl methyl sites for hydroxylation is 2. The third-order valence-electron chi connectivity index (χ3n) is 4.52. The van der Waals surface area contributed by atoms with Crippen LogP contribution < -0.4 is 9.47 Å². The lowest BCUT2D eigenvalue weighted by Crippen LogP contribution is -2.02. The molecule has 3 aromatic rings. The summed E-state index contributed by atoms with van der Waals surface area (Å²) >= 11 is 0. The first-order chi connectivity index (χ1) is 13.0. The van der Waals surface area contributed by atoms with E-state index in [9.17, 15) is 4.79 Å². The van der Waals surface area contributed by atoms with Crippen LogP contribution in [0.4, 0.5) is 0 Å². The molecule has 136 valence electrons. The van der Waals surface area contributed by atoms with Crippen LogP contribution in [0, 0.1) is 13.8 Å². The molecular weight excluding hydrogens is 336 g/mol. The van der Waals surface area contributed by atoms with Gasteiger partial charge in [-0.15, -0.1) is 0 Å². The number of rotatable bonds is 5. The highest BCUT2D eigenvalue weighted by molar-refractivity contribution is 5.83. The summed E-state index contributed by atoms with van der Waals surface area (Å²) in [5.74, 6) is 0.897. The van der Waals surface area contributed by atoms with Crippen LogP contribution in [0.1, 0.15) is 11.1 Å². The Balaban J connectivity index is 1.92. The molecule has 0 spiro atoms. The molecule has 0 radical (unpaired) electrons. The molecule has 0 bridgehead atoms. The summed E-state index contributed by atoms with van der Waals surface area (Å²) in [6.45, 7) is 7.62. The maximum Gasteiger partial charge on any atom is 0.335 e. The summed E-state index contributed by atoms with van der Waals surface area (Å²) in [6.07, 6.45) is 1.15. The smallest absolute Gasteiger partial charge is 0.335 e. The predicted octanol–water partition coefficient (Wildman–Crippen LogP) is 5.74. The summed E-state index contributed by atoms with van der Waals surface area (Å²) in [5.41, 5.74) is 6.98. The summed E-state index contributed by atoms with van der Waals surface area (Å²) in [7, 11) is 1.67. The molecule has 0 atom stereocenters. The van der Waals surface area contributed by atoms with Gasteiger partial charge < -0.3 is 9.47 Å².